The van der Waals surface area contributed by atoms with Gasteiger partial charge in [-0.25, -0.2) is 0 Å². The van der Waals surface area contributed by atoms with Gasteiger partial charge in [-0.1, -0.05) is 11.3 Å². The Hall–Kier alpha value is -3.62. The van der Waals surface area contributed by atoms with Crippen LogP contribution < -0.4 is 19.5 Å². The number of carbonyl (C=O) groups is 1. The molecule has 0 spiro atoms. The second kappa shape index (κ2) is 8.85. The number of aromatic nitrogens is 4. The van der Waals surface area contributed by atoms with Gasteiger partial charge in [-0.3, -0.25) is 4.79 Å². The van der Waals surface area contributed by atoms with Crippen LogP contribution in [0.25, 0.3) is 0 Å². The van der Waals surface area contributed by atoms with Crippen LogP contribution in [0.2, 0.25) is 0 Å². The lowest BCUT2D eigenvalue weighted by molar-refractivity contribution is -0.117. The van der Waals surface area contributed by atoms with Crippen LogP contribution >= 0.6 is 0 Å². The van der Waals surface area contributed by atoms with Gasteiger partial charge >= 0.3 is 0 Å². The smallest absolute Gasteiger partial charge is 0.235 e. The van der Waals surface area contributed by atoms with Gasteiger partial charge < -0.3 is 19.5 Å². The molecule has 0 unspecified atom stereocenters. The maximum atomic E-state index is 13.0. The summed E-state index contributed by atoms with van der Waals surface area (Å²) in [4.78, 5) is 13.0. The number of hydrogen-bond donors (Lipinski definition) is 2. The summed E-state index contributed by atoms with van der Waals surface area (Å²) in [7, 11) is 4.74. The van der Waals surface area contributed by atoms with E-state index in [9.17, 15) is 4.79 Å². The van der Waals surface area contributed by atoms with Crippen LogP contribution in [0.5, 0.6) is 17.2 Å². The third-order valence-electron chi connectivity index (χ3n) is 4.27. The first-order valence-electron chi connectivity index (χ1n) is 8.53. The number of rotatable bonds is 8. The molecule has 1 atom stereocenters. The van der Waals surface area contributed by atoms with Gasteiger partial charge in [0, 0.05) is 11.8 Å². The first kappa shape index (κ1) is 19.2. The number of nitrogens with one attached hydrogen (secondary N) is 2. The SMILES string of the molecule is COc1ccc(NC(=O)[C@H](Cc2ccc(OC)cc2OC)c2nn[nH]n2)cc1. The second-order valence-corrected chi connectivity index (χ2v) is 5.92. The molecule has 9 heteroatoms. The van der Waals surface area contributed by atoms with E-state index in [-0.39, 0.29) is 5.91 Å². The monoisotopic (exact) mass is 383 g/mol. The van der Waals surface area contributed by atoms with Crippen molar-refractivity contribution in [2.75, 3.05) is 26.6 Å². The maximum Gasteiger partial charge on any atom is 0.235 e. The Morgan fingerprint density at radius 1 is 1.04 bits per heavy atom. The standard InChI is InChI=1S/C19H21N5O4/c1-26-14-8-5-13(6-9-14)20-19(25)16(18-21-23-24-22-18)10-12-4-7-15(27-2)11-17(12)28-3/h4-9,11,16H,10H2,1-3H3,(H,20,25)(H,21,22,23,24)/t16-/m1/s1. The molecular formula is C19H21N5O4. The van der Waals surface area contributed by atoms with Crippen LogP contribution in [0.3, 0.4) is 0 Å². The van der Waals surface area contributed by atoms with Gasteiger partial charge in [0.25, 0.3) is 0 Å². The molecule has 28 heavy (non-hydrogen) atoms. The number of H-pyrrole nitrogens is 1. The Bertz CT molecular complexity index is 913. The molecule has 9 nitrogen and oxygen atoms in total. The molecule has 0 radical (unpaired) electrons. The fourth-order valence-corrected chi connectivity index (χ4v) is 2.76. The fraction of sp³-hybridized carbons (Fsp3) is 0.263. The number of anilines is 1. The average molecular weight is 383 g/mol. The summed E-state index contributed by atoms with van der Waals surface area (Å²) >= 11 is 0. The van der Waals surface area contributed by atoms with Gasteiger partial charge in [0.15, 0.2) is 5.82 Å². The molecule has 0 aliphatic rings. The lowest BCUT2D eigenvalue weighted by atomic mass is 9.96. The van der Waals surface area contributed by atoms with E-state index in [0.29, 0.717) is 35.2 Å². The van der Waals surface area contributed by atoms with E-state index in [2.05, 4.69) is 25.9 Å². The summed E-state index contributed by atoms with van der Waals surface area (Å²) in [6.07, 6.45) is 0.328. The molecule has 0 saturated carbocycles. The van der Waals surface area contributed by atoms with E-state index in [4.69, 9.17) is 14.2 Å². The molecule has 1 amide bonds. The number of benzene rings is 2. The summed E-state index contributed by atoms with van der Waals surface area (Å²) in [5.41, 5.74) is 1.46. The van der Waals surface area contributed by atoms with Gasteiger partial charge in [-0.05, 0) is 42.3 Å². The van der Waals surface area contributed by atoms with Crippen molar-refractivity contribution in [3.8, 4) is 17.2 Å². The molecule has 2 N–H and O–H groups in total. The van der Waals surface area contributed by atoms with Gasteiger partial charge in [-0.15, -0.1) is 10.2 Å². The van der Waals surface area contributed by atoms with Crippen LogP contribution in [-0.4, -0.2) is 47.9 Å². The zero-order chi connectivity index (χ0) is 19.9. The first-order valence-corrected chi connectivity index (χ1v) is 8.53. The van der Waals surface area contributed by atoms with E-state index in [0.717, 1.165) is 5.56 Å². The molecule has 0 bridgehead atoms. The minimum Gasteiger partial charge on any atom is -0.497 e. The van der Waals surface area contributed by atoms with Crippen molar-refractivity contribution < 1.29 is 19.0 Å². The number of methoxy groups -OCH3 is 3. The summed E-state index contributed by atoms with van der Waals surface area (Å²) in [5, 5.41) is 16.9. The Kier molecular flexibility index (Phi) is 6.05. The fourth-order valence-electron chi connectivity index (χ4n) is 2.76. The minimum absolute atomic E-state index is 0.260. The van der Waals surface area contributed by atoms with Crippen molar-refractivity contribution >= 4 is 11.6 Å². The van der Waals surface area contributed by atoms with E-state index in [1.165, 1.54) is 0 Å². The molecule has 3 rings (SSSR count). The first-order chi connectivity index (χ1) is 13.6. The zero-order valence-electron chi connectivity index (χ0n) is 15.8. The third-order valence-corrected chi connectivity index (χ3v) is 4.27. The summed E-state index contributed by atoms with van der Waals surface area (Å²) in [6.45, 7) is 0. The second-order valence-electron chi connectivity index (χ2n) is 5.92. The lowest BCUT2D eigenvalue weighted by Gasteiger charge is -2.16. The van der Waals surface area contributed by atoms with Crippen molar-refractivity contribution in [3.05, 3.63) is 53.9 Å². The number of carbonyl (C=O) groups excluding carboxylic acids is 1. The molecule has 0 saturated heterocycles. The van der Waals surface area contributed by atoms with Gasteiger partial charge in [-0.2, -0.15) is 5.21 Å². The van der Waals surface area contributed by atoms with E-state index in [1.807, 2.05) is 12.1 Å². The molecule has 1 heterocycles. The Morgan fingerprint density at radius 3 is 2.36 bits per heavy atom. The number of nitrogens with zero attached hydrogens (tertiary/aromatic N) is 3. The maximum absolute atomic E-state index is 13.0. The number of amides is 1. The minimum atomic E-state index is -0.664. The van der Waals surface area contributed by atoms with Crippen LogP contribution in [-0.2, 0) is 11.2 Å². The largest absolute Gasteiger partial charge is 0.497 e. The van der Waals surface area contributed by atoms with Gasteiger partial charge in [0.05, 0.1) is 21.3 Å². The number of aromatic amines is 1. The average Bonchev–Trinajstić information content (AvgIpc) is 3.26. The molecule has 146 valence electrons. The van der Waals surface area contributed by atoms with E-state index < -0.39 is 5.92 Å². The van der Waals surface area contributed by atoms with Crippen molar-refractivity contribution in [2.45, 2.75) is 12.3 Å². The molecule has 1 aromatic heterocycles. The zero-order valence-corrected chi connectivity index (χ0v) is 15.8. The normalized spacial score (nSPS) is 11.5. The van der Waals surface area contributed by atoms with Crippen molar-refractivity contribution in [1.82, 2.24) is 20.6 Å². The highest BCUT2D eigenvalue weighted by molar-refractivity contribution is 5.95. The van der Waals surface area contributed by atoms with Crippen LogP contribution in [0.15, 0.2) is 42.5 Å². The molecule has 2 aromatic carbocycles. The molecule has 0 aliphatic heterocycles. The van der Waals surface area contributed by atoms with Crippen LogP contribution in [0.1, 0.15) is 17.3 Å². The Morgan fingerprint density at radius 2 is 1.75 bits per heavy atom. The summed E-state index contributed by atoms with van der Waals surface area (Å²) < 4.78 is 15.8. The predicted molar refractivity (Wildman–Crippen MR) is 102 cm³/mol. The topological polar surface area (TPSA) is 111 Å². The molecule has 0 aliphatic carbocycles. The van der Waals surface area contributed by atoms with Crippen molar-refractivity contribution in [1.29, 1.82) is 0 Å². The van der Waals surface area contributed by atoms with Crippen molar-refractivity contribution in [2.24, 2.45) is 0 Å². The lowest BCUT2D eigenvalue weighted by Crippen LogP contribution is -2.24. The molecule has 0 fully saturated rings. The summed E-state index contributed by atoms with van der Waals surface area (Å²) in [5.74, 6) is 1.36. The number of ether oxygens (including phenoxy) is 3. The highest BCUT2D eigenvalue weighted by Gasteiger charge is 2.27. The van der Waals surface area contributed by atoms with Gasteiger partial charge in [0.1, 0.15) is 23.2 Å². The van der Waals surface area contributed by atoms with Crippen LogP contribution in [0, 0.1) is 0 Å². The molecular weight excluding hydrogens is 362 g/mol. The highest BCUT2D eigenvalue weighted by atomic mass is 16.5. The Balaban J connectivity index is 1.84. The van der Waals surface area contributed by atoms with Crippen LogP contribution in [0.4, 0.5) is 5.69 Å². The van der Waals surface area contributed by atoms with E-state index >= 15 is 0 Å². The van der Waals surface area contributed by atoms with E-state index in [1.54, 1.807) is 51.7 Å². The quantitative estimate of drug-likeness (QED) is 0.613. The summed E-state index contributed by atoms with van der Waals surface area (Å²) in [6, 6.07) is 12.5. The molecule has 3 aromatic rings. The van der Waals surface area contributed by atoms with Crippen molar-refractivity contribution in [3.63, 3.8) is 0 Å². The predicted octanol–water partition coefficient (Wildman–Crippen LogP) is 2.19. The van der Waals surface area contributed by atoms with Gasteiger partial charge in [0.2, 0.25) is 5.91 Å². The number of hydrogen-bond acceptors (Lipinski definition) is 7. The Labute approximate surface area is 162 Å². The third kappa shape index (κ3) is 4.37. The highest BCUT2D eigenvalue weighted by Crippen LogP contribution is 2.29. The number of tetrazole rings is 1.